The third kappa shape index (κ3) is 5.53. The molecule has 4 aromatic rings. The van der Waals surface area contributed by atoms with Crippen LogP contribution < -0.4 is 15.0 Å². The first-order valence-electron chi connectivity index (χ1n) is 13.1. The van der Waals surface area contributed by atoms with Crippen molar-refractivity contribution < 1.29 is 24.2 Å². The Hall–Kier alpha value is -4.63. The highest BCUT2D eigenvalue weighted by atomic mass is 35.5. The summed E-state index contributed by atoms with van der Waals surface area (Å²) in [6.45, 7) is 0. The van der Waals surface area contributed by atoms with Crippen molar-refractivity contribution in [2.45, 2.75) is 31.7 Å². The van der Waals surface area contributed by atoms with Gasteiger partial charge in [0.15, 0.2) is 11.5 Å². The van der Waals surface area contributed by atoms with Gasteiger partial charge in [-0.2, -0.15) is 5.10 Å². The van der Waals surface area contributed by atoms with Crippen LogP contribution in [0.4, 0.5) is 0 Å². The number of aromatic nitrogens is 1. The Balaban J connectivity index is 1.69. The minimum atomic E-state index is -0.983. The second kappa shape index (κ2) is 11.9. The monoisotopic (exact) mass is 573 g/mol. The van der Waals surface area contributed by atoms with E-state index in [2.05, 4.69) is 4.98 Å². The molecule has 5 rings (SSSR count). The lowest BCUT2D eigenvalue weighted by atomic mass is 9.90. The number of hydrazone groups is 1. The van der Waals surface area contributed by atoms with Crippen molar-refractivity contribution in [1.82, 2.24) is 9.99 Å². The quantitative estimate of drug-likeness (QED) is 0.261. The van der Waals surface area contributed by atoms with Gasteiger partial charge in [-0.15, -0.1) is 0 Å². The smallest absolute Gasteiger partial charge is 0.303 e. The summed E-state index contributed by atoms with van der Waals surface area (Å²) < 4.78 is 11.2. The number of halogens is 1. The van der Waals surface area contributed by atoms with Crippen LogP contribution in [0.5, 0.6) is 11.5 Å². The number of pyridine rings is 1. The van der Waals surface area contributed by atoms with E-state index in [1.165, 1.54) is 19.2 Å². The fourth-order valence-corrected chi connectivity index (χ4v) is 5.43. The fraction of sp³-hybridized carbons (Fsp3) is 0.226. The maximum atomic E-state index is 13.7. The third-order valence-electron chi connectivity index (χ3n) is 7.07. The lowest BCUT2D eigenvalue weighted by Crippen LogP contribution is -2.27. The van der Waals surface area contributed by atoms with Crippen molar-refractivity contribution in [3.05, 3.63) is 93.2 Å². The molecule has 0 fully saturated rings. The standard InChI is InChI=1S/C31H28ClN3O6/c1-40-25-11-6-10-20(30(25)41-2)24-17-23(34-35(24)26(36)12-7-13-27(37)38)29-28(18-8-4-3-5-9-18)21-16-19(32)14-15-22(21)33-31(29)39/h3-6,8-11,14-16,24H,7,12-13,17H2,1-2H3,(H,33,39)(H,37,38)/t24-/m0/s1. The summed E-state index contributed by atoms with van der Waals surface area (Å²) in [6, 6.07) is 19.5. The molecule has 0 unspecified atom stereocenters. The lowest BCUT2D eigenvalue weighted by Gasteiger charge is -2.24. The molecule has 41 heavy (non-hydrogen) atoms. The number of amides is 1. The molecule has 1 atom stereocenters. The van der Waals surface area contributed by atoms with E-state index < -0.39 is 12.0 Å². The number of hydrogen-bond acceptors (Lipinski definition) is 6. The molecule has 9 nitrogen and oxygen atoms in total. The van der Waals surface area contributed by atoms with Gasteiger partial charge in [-0.1, -0.05) is 54.1 Å². The number of aliphatic carboxylic acids is 1. The predicted octanol–water partition coefficient (Wildman–Crippen LogP) is 5.80. The molecule has 3 aromatic carbocycles. The van der Waals surface area contributed by atoms with Gasteiger partial charge in [0.2, 0.25) is 5.91 Å². The molecule has 0 saturated carbocycles. The highest BCUT2D eigenvalue weighted by Crippen LogP contribution is 2.43. The summed E-state index contributed by atoms with van der Waals surface area (Å²) in [5.41, 5.74) is 3.11. The first kappa shape index (κ1) is 27.9. The number of para-hydroxylation sites is 1. The van der Waals surface area contributed by atoms with Gasteiger partial charge in [-0.05, 0) is 36.2 Å². The van der Waals surface area contributed by atoms with Crippen LogP contribution in [0.2, 0.25) is 5.02 Å². The third-order valence-corrected chi connectivity index (χ3v) is 7.30. The molecule has 0 saturated heterocycles. The van der Waals surface area contributed by atoms with Crippen LogP contribution in [0.3, 0.4) is 0 Å². The topological polar surface area (TPSA) is 121 Å². The van der Waals surface area contributed by atoms with E-state index in [0.717, 1.165) is 10.9 Å². The number of carboxylic acids is 1. The van der Waals surface area contributed by atoms with Crippen molar-refractivity contribution in [2.24, 2.45) is 5.10 Å². The van der Waals surface area contributed by atoms with Crippen LogP contribution in [0.1, 0.15) is 42.9 Å². The molecule has 0 spiro atoms. The van der Waals surface area contributed by atoms with E-state index in [1.54, 1.807) is 30.3 Å². The van der Waals surface area contributed by atoms with Crippen LogP contribution >= 0.6 is 11.6 Å². The van der Waals surface area contributed by atoms with Gasteiger partial charge in [0, 0.05) is 46.3 Å². The van der Waals surface area contributed by atoms with Crippen LogP contribution in [0, 0.1) is 0 Å². The van der Waals surface area contributed by atoms with Crippen molar-refractivity contribution in [2.75, 3.05) is 14.2 Å². The number of H-pyrrole nitrogens is 1. The van der Waals surface area contributed by atoms with Crippen molar-refractivity contribution in [3.63, 3.8) is 0 Å². The summed E-state index contributed by atoms with van der Waals surface area (Å²) in [4.78, 5) is 41.2. The molecule has 2 heterocycles. The Labute approximate surface area is 241 Å². The average molecular weight is 574 g/mol. The summed E-state index contributed by atoms with van der Waals surface area (Å²) in [5.74, 6) is -0.414. The van der Waals surface area contributed by atoms with Crippen LogP contribution in [0.25, 0.3) is 22.0 Å². The maximum Gasteiger partial charge on any atom is 0.303 e. The van der Waals surface area contributed by atoms with E-state index in [1.807, 2.05) is 36.4 Å². The zero-order chi connectivity index (χ0) is 29.1. The predicted molar refractivity (Wildman–Crippen MR) is 157 cm³/mol. The van der Waals surface area contributed by atoms with Gasteiger partial charge in [0.25, 0.3) is 5.56 Å². The fourth-order valence-electron chi connectivity index (χ4n) is 5.26. The van der Waals surface area contributed by atoms with Gasteiger partial charge in [-0.3, -0.25) is 14.4 Å². The number of nitrogens with zero attached hydrogens (tertiary/aromatic N) is 2. The average Bonchev–Trinajstić information content (AvgIpc) is 3.41. The zero-order valence-corrected chi connectivity index (χ0v) is 23.3. The number of nitrogens with one attached hydrogen (secondary N) is 1. The Morgan fingerprint density at radius 1 is 1.02 bits per heavy atom. The summed E-state index contributed by atoms with van der Waals surface area (Å²) in [5, 5.41) is 16.4. The SMILES string of the molecule is COc1cccc([C@@H]2CC(c3c(-c4ccccc4)c4cc(Cl)ccc4[nH]c3=O)=NN2C(=O)CCCC(=O)O)c1OC. The van der Waals surface area contributed by atoms with Crippen LogP contribution in [0.15, 0.2) is 76.6 Å². The molecule has 2 N–H and O–H groups in total. The minimum Gasteiger partial charge on any atom is -0.493 e. The molecule has 0 radical (unpaired) electrons. The number of fused-ring (bicyclic) bond motifs is 1. The molecule has 1 aliphatic heterocycles. The maximum absolute atomic E-state index is 13.7. The number of rotatable bonds is 9. The number of hydrogen-bond donors (Lipinski definition) is 2. The lowest BCUT2D eigenvalue weighted by molar-refractivity contribution is -0.137. The first-order valence-corrected chi connectivity index (χ1v) is 13.4. The van der Waals surface area contributed by atoms with E-state index in [9.17, 15) is 14.4 Å². The number of ether oxygens (including phenoxy) is 2. The van der Waals surface area contributed by atoms with Crippen molar-refractivity contribution in [3.8, 4) is 22.6 Å². The van der Waals surface area contributed by atoms with Gasteiger partial charge in [-0.25, -0.2) is 5.01 Å². The Bertz CT molecular complexity index is 1720. The number of carbonyl (C=O) groups excluding carboxylic acids is 1. The van der Waals surface area contributed by atoms with E-state index in [-0.39, 0.29) is 37.1 Å². The minimum absolute atomic E-state index is 0.0267. The van der Waals surface area contributed by atoms with Crippen molar-refractivity contribution in [1.29, 1.82) is 0 Å². The van der Waals surface area contributed by atoms with Gasteiger partial charge in [0.05, 0.1) is 31.5 Å². The van der Waals surface area contributed by atoms with Gasteiger partial charge < -0.3 is 19.6 Å². The Morgan fingerprint density at radius 3 is 2.51 bits per heavy atom. The van der Waals surface area contributed by atoms with Crippen LogP contribution in [-0.2, 0) is 9.59 Å². The second-order valence-electron chi connectivity index (χ2n) is 9.60. The number of benzene rings is 3. The molecule has 0 bridgehead atoms. The number of aromatic amines is 1. The summed E-state index contributed by atoms with van der Waals surface area (Å²) in [7, 11) is 3.04. The zero-order valence-electron chi connectivity index (χ0n) is 22.5. The molecule has 210 valence electrons. The highest BCUT2D eigenvalue weighted by molar-refractivity contribution is 6.31. The van der Waals surface area contributed by atoms with E-state index in [4.69, 9.17) is 31.3 Å². The summed E-state index contributed by atoms with van der Waals surface area (Å²) >= 11 is 6.39. The van der Waals surface area contributed by atoms with Gasteiger partial charge in [0.1, 0.15) is 0 Å². The molecule has 10 heteroatoms. The Morgan fingerprint density at radius 2 is 1.80 bits per heavy atom. The molecule has 0 aliphatic carbocycles. The number of carbonyl (C=O) groups is 2. The largest absolute Gasteiger partial charge is 0.493 e. The first-order chi connectivity index (χ1) is 19.8. The van der Waals surface area contributed by atoms with Crippen molar-refractivity contribution >= 4 is 40.1 Å². The molecular formula is C31H28ClN3O6. The van der Waals surface area contributed by atoms with Gasteiger partial charge >= 0.3 is 5.97 Å². The number of carboxylic acid groups (broad SMARTS) is 1. The molecule has 1 amide bonds. The molecule has 1 aliphatic rings. The van der Waals surface area contributed by atoms with E-state index >= 15 is 0 Å². The summed E-state index contributed by atoms with van der Waals surface area (Å²) in [6.07, 6.45) is 0.193. The Kier molecular flexibility index (Phi) is 8.07. The second-order valence-corrected chi connectivity index (χ2v) is 10.0. The van der Waals surface area contributed by atoms with Crippen LogP contribution in [-0.4, -0.2) is 46.9 Å². The molecule has 1 aromatic heterocycles. The van der Waals surface area contributed by atoms with E-state index in [0.29, 0.717) is 44.4 Å². The molecular weight excluding hydrogens is 546 g/mol. The highest BCUT2D eigenvalue weighted by Gasteiger charge is 2.37. The normalized spacial score (nSPS) is 14.7. The number of methoxy groups -OCH3 is 2.